The van der Waals surface area contributed by atoms with Crippen LogP contribution in [0.4, 0.5) is 4.39 Å². The minimum Gasteiger partial charge on any atom is -0.488 e. The molecule has 0 saturated carbocycles. The number of hydrogen-bond donors (Lipinski definition) is 1. The lowest BCUT2D eigenvalue weighted by Crippen LogP contribution is -2.22. The summed E-state index contributed by atoms with van der Waals surface area (Å²) in [6, 6.07) is 3.43. The van der Waals surface area contributed by atoms with Crippen LogP contribution in [0.5, 0.6) is 5.75 Å². The van der Waals surface area contributed by atoms with E-state index in [1.807, 2.05) is 13.8 Å². The molecule has 0 spiro atoms. The van der Waals surface area contributed by atoms with Crippen molar-refractivity contribution in [3.05, 3.63) is 29.1 Å². The SMILES string of the molecule is CCNC(C)c1cc(F)c(C)cc1OC1CCOC1. The molecule has 0 aromatic heterocycles. The summed E-state index contributed by atoms with van der Waals surface area (Å²) in [5.74, 6) is 0.581. The van der Waals surface area contributed by atoms with Crippen molar-refractivity contribution in [3.8, 4) is 5.75 Å². The molecule has 4 heteroatoms. The van der Waals surface area contributed by atoms with Crippen molar-refractivity contribution in [3.63, 3.8) is 0 Å². The van der Waals surface area contributed by atoms with Crippen LogP contribution in [0.1, 0.15) is 37.4 Å². The number of benzene rings is 1. The molecule has 0 bridgehead atoms. The summed E-state index contributed by atoms with van der Waals surface area (Å²) in [6.45, 7) is 8.00. The quantitative estimate of drug-likeness (QED) is 0.889. The van der Waals surface area contributed by atoms with Crippen molar-refractivity contribution in [1.82, 2.24) is 5.32 Å². The standard InChI is InChI=1S/C15H22FNO2/c1-4-17-11(3)13-8-14(16)10(2)7-15(13)19-12-5-6-18-9-12/h7-8,11-12,17H,4-6,9H2,1-3H3. The summed E-state index contributed by atoms with van der Waals surface area (Å²) in [5.41, 5.74) is 1.48. The zero-order valence-electron chi connectivity index (χ0n) is 11.8. The molecule has 1 heterocycles. The largest absolute Gasteiger partial charge is 0.488 e. The summed E-state index contributed by atoms with van der Waals surface area (Å²) in [4.78, 5) is 0. The average Bonchev–Trinajstić information content (AvgIpc) is 2.86. The number of rotatable bonds is 5. The molecule has 1 aromatic rings. The Balaban J connectivity index is 2.24. The molecule has 1 N–H and O–H groups in total. The Labute approximate surface area is 114 Å². The van der Waals surface area contributed by atoms with E-state index in [1.165, 1.54) is 0 Å². The fourth-order valence-corrected chi connectivity index (χ4v) is 2.31. The van der Waals surface area contributed by atoms with Gasteiger partial charge in [0, 0.05) is 18.0 Å². The molecule has 1 aromatic carbocycles. The molecule has 3 nitrogen and oxygen atoms in total. The first-order chi connectivity index (χ1) is 9.11. The van der Waals surface area contributed by atoms with E-state index in [9.17, 15) is 4.39 Å². The second kappa shape index (κ2) is 6.35. The minimum atomic E-state index is -0.185. The highest BCUT2D eigenvalue weighted by molar-refractivity contribution is 5.40. The van der Waals surface area contributed by atoms with Crippen molar-refractivity contribution in [2.24, 2.45) is 0 Å². The van der Waals surface area contributed by atoms with Gasteiger partial charge < -0.3 is 14.8 Å². The molecule has 0 amide bonds. The molecular weight excluding hydrogens is 245 g/mol. The van der Waals surface area contributed by atoms with Crippen LogP contribution in [0.3, 0.4) is 0 Å². The molecule has 1 fully saturated rings. The molecule has 2 rings (SSSR count). The summed E-state index contributed by atoms with van der Waals surface area (Å²) in [5, 5.41) is 3.30. The molecule has 1 saturated heterocycles. The smallest absolute Gasteiger partial charge is 0.126 e. The first-order valence-electron chi connectivity index (χ1n) is 6.89. The van der Waals surface area contributed by atoms with E-state index in [0.29, 0.717) is 12.2 Å². The van der Waals surface area contributed by atoms with Gasteiger partial charge in [-0.25, -0.2) is 4.39 Å². The zero-order chi connectivity index (χ0) is 13.8. The summed E-state index contributed by atoms with van der Waals surface area (Å²) in [7, 11) is 0. The Bertz CT molecular complexity index is 430. The first-order valence-corrected chi connectivity index (χ1v) is 6.89. The minimum absolute atomic E-state index is 0.0671. The van der Waals surface area contributed by atoms with Crippen molar-refractivity contribution in [2.75, 3.05) is 19.8 Å². The number of aryl methyl sites for hydroxylation is 1. The zero-order valence-corrected chi connectivity index (χ0v) is 11.8. The Hall–Kier alpha value is -1.13. The molecule has 0 radical (unpaired) electrons. The molecule has 0 aliphatic carbocycles. The van der Waals surface area contributed by atoms with E-state index in [4.69, 9.17) is 9.47 Å². The van der Waals surface area contributed by atoms with E-state index >= 15 is 0 Å². The van der Waals surface area contributed by atoms with Crippen molar-refractivity contribution < 1.29 is 13.9 Å². The van der Waals surface area contributed by atoms with Gasteiger partial charge in [0.25, 0.3) is 0 Å². The van der Waals surface area contributed by atoms with Gasteiger partial charge in [-0.2, -0.15) is 0 Å². The Morgan fingerprint density at radius 2 is 2.32 bits per heavy atom. The lowest BCUT2D eigenvalue weighted by molar-refractivity contribution is 0.140. The van der Waals surface area contributed by atoms with Gasteiger partial charge in [0.2, 0.25) is 0 Å². The third-order valence-corrected chi connectivity index (χ3v) is 3.45. The van der Waals surface area contributed by atoms with Gasteiger partial charge in [-0.1, -0.05) is 6.92 Å². The second-order valence-electron chi connectivity index (χ2n) is 5.02. The van der Waals surface area contributed by atoms with Crippen LogP contribution < -0.4 is 10.1 Å². The molecule has 1 aliphatic heterocycles. The monoisotopic (exact) mass is 267 g/mol. The summed E-state index contributed by atoms with van der Waals surface area (Å²) < 4.78 is 25.1. The van der Waals surface area contributed by atoms with Gasteiger partial charge in [-0.05, 0) is 38.1 Å². The Kier molecular flexibility index (Phi) is 4.77. The Morgan fingerprint density at radius 3 is 2.95 bits per heavy atom. The van der Waals surface area contributed by atoms with Crippen molar-refractivity contribution in [2.45, 2.75) is 39.3 Å². The highest BCUT2D eigenvalue weighted by atomic mass is 19.1. The maximum atomic E-state index is 13.8. The molecule has 19 heavy (non-hydrogen) atoms. The third-order valence-electron chi connectivity index (χ3n) is 3.45. The van der Waals surface area contributed by atoms with Gasteiger partial charge >= 0.3 is 0 Å². The molecular formula is C15H22FNO2. The topological polar surface area (TPSA) is 30.5 Å². The van der Waals surface area contributed by atoms with Crippen LogP contribution in [0.2, 0.25) is 0 Å². The number of nitrogens with one attached hydrogen (secondary N) is 1. The van der Waals surface area contributed by atoms with Crippen LogP contribution >= 0.6 is 0 Å². The van der Waals surface area contributed by atoms with Crippen molar-refractivity contribution in [1.29, 1.82) is 0 Å². The van der Waals surface area contributed by atoms with Gasteiger partial charge in [0.1, 0.15) is 17.7 Å². The average molecular weight is 267 g/mol. The molecule has 106 valence electrons. The van der Waals surface area contributed by atoms with Crippen LogP contribution in [0, 0.1) is 12.7 Å². The van der Waals surface area contributed by atoms with E-state index in [1.54, 1.807) is 19.1 Å². The van der Waals surface area contributed by atoms with Crippen LogP contribution in [0.15, 0.2) is 12.1 Å². The molecule has 1 aliphatic rings. The summed E-state index contributed by atoms with van der Waals surface area (Å²) >= 11 is 0. The number of halogens is 1. The van der Waals surface area contributed by atoms with Gasteiger partial charge in [0.05, 0.1) is 13.2 Å². The number of hydrogen-bond acceptors (Lipinski definition) is 3. The maximum Gasteiger partial charge on any atom is 0.126 e. The normalized spacial score (nSPS) is 20.5. The van der Waals surface area contributed by atoms with E-state index in [-0.39, 0.29) is 18.0 Å². The van der Waals surface area contributed by atoms with E-state index < -0.39 is 0 Å². The van der Waals surface area contributed by atoms with E-state index in [0.717, 1.165) is 30.9 Å². The highest BCUT2D eigenvalue weighted by Gasteiger charge is 2.21. The van der Waals surface area contributed by atoms with Gasteiger partial charge in [-0.3, -0.25) is 0 Å². The van der Waals surface area contributed by atoms with E-state index in [2.05, 4.69) is 5.32 Å². The number of ether oxygens (including phenoxy) is 2. The molecule has 2 unspecified atom stereocenters. The van der Waals surface area contributed by atoms with Crippen molar-refractivity contribution >= 4 is 0 Å². The lowest BCUT2D eigenvalue weighted by Gasteiger charge is -2.21. The lowest BCUT2D eigenvalue weighted by atomic mass is 10.0. The third kappa shape index (κ3) is 3.45. The molecule has 2 atom stereocenters. The van der Waals surface area contributed by atoms with Crippen LogP contribution in [-0.2, 0) is 4.74 Å². The second-order valence-corrected chi connectivity index (χ2v) is 5.02. The fourth-order valence-electron chi connectivity index (χ4n) is 2.31. The highest BCUT2D eigenvalue weighted by Crippen LogP contribution is 2.30. The van der Waals surface area contributed by atoms with Gasteiger partial charge in [0.15, 0.2) is 0 Å². The predicted molar refractivity (Wildman–Crippen MR) is 73.1 cm³/mol. The first kappa shape index (κ1) is 14.3. The van der Waals surface area contributed by atoms with Crippen LogP contribution in [-0.4, -0.2) is 25.9 Å². The maximum absolute atomic E-state index is 13.8. The fraction of sp³-hybridized carbons (Fsp3) is 0.600. The predicted octanol–water partition coefficient (Wildman–Crippen LogP) is 2.97. The summed E-state index contributed by atoms with van der Waals surface area (Å²) in [6.07, 6.45) is 0.975. The van der Waals surface area contributed by atoms with Gasteiger partial charge in [-0.15, -0.1) is 0 Å². The Morgan fingerprint density at radius 1 is 1.53 bits per heavy atom. The van der Waals surface area contributed by atoms with Crippen LogP contribution in [0.25, 0.3) is 0 Å².